The minimum Gasteiger partial charge on any atom is -0.443 e. The second kappa shape index (κ2) is 6.22. The van der Waals surface area contributed by atoms with E-state index in [4.69, 9.17) is 4.74 Å². The molecule has 0 radical (unpaired) electrons. The summed E-state index contributed by atoms with van der Waals surface area (Å²) in [7, 11) is 0. The number of nitrogens with zero attached hydrogens (tertiary/aromatic N) is 1. The molecule has 0 atom stereocenters. The van der Waals surface area contributed by atoms with Gasteiger partial charge in [0.05, 0.1) is 6.54 Å². The highest BCUT2D eigenvalue weighted by atomic mass is 16.6. The highest BCUT2D eigenvalue weighted by Gasteiger charge is 2.19. The van der Waals surface area contributed by atoms with Gasteiger partial charge in [0.25, 0.3) is 0 Å². The molecule has 5 nitrogen and oxygen atoms in total. The molecular formula is C14H20N2O3. The van der Waals surface area contributed by atoms with E-state index in [1.165, 1.54) is 11.9 Å². The van der Waals surface area contributed by atoms with E-state index in [0.29, 0.717) is 6.54 Å². The number of amides is 2. The van der Waals surface area contributed by atoms with Gasteiger partial charge in [-0.1, -0.05) is 30.3 Å². The average Bonchev–Trinajstić information content (AvgIpc) is 2.26. The van der Waals surface area contributed by atoms with E-state index in [9.17, 15) is 9.59 Å². The lowest BCUT2D eigenvalue weighted by Crippen LogP contribution is -2.46. The number of hydrazine groups is 1. The summed E-state index contributed by atoms with van der Waals surface area (Å²) in [5.41, 5.74) is 2.77. The van der Waals surface area contributed by atoms with Crippen molar-refractivity contribution in [1.29, 1.82) is 0 Å². The Bertz CT molecular complexity index is 438. The Labute approximate surface area is 113 Å². The van der Waals surface area contributed by atoms with E-state index >= 15 is 0 Å². The smallest absolute Gasteiger partial charge is 0.426 e. The van der Waals surface area contributed by atoms with Gasteiger partial charge >= 0.3 is 6.09 Å². The first-order valence-corrected chi connectivity index (χ1v) is 6.09. The van der Waals surface area contributed by atoms with Gasteiger partial charge in [0, 0.05) is 6.92 Å². The Kier molecular flexibility index (Phi) is 4.92. The summed E-state index contributed by atoms with van der Waals surface area (Å²) in [6, 6.07) is 9.41. The molecule has 0 spiro atoms. The molecule has 1 aromatic rings. The average molecular weight is 264 g/mol. The number of hydrogen-bond acceptors (Lipinski definition) is 3. The van der Waals surface area contributed by atoms with Crippen LogP contribution in [0.2, 0.25) is 0 Å². The third kappa shape index (κ3) is 5.90. The molecule has 0 bridgehead atoms. The quantitative estimate of drug-likeness (QED) is 0.835. The second-order valence-electron chi connectivity index (χ2n) is 5.20. The van der Waals surface area contributed by atoms with E-state index in [0.717, 1.165) is 5.56 Å². The molecule has 1 aromatic carbocycles. The molecular weight excluding hydrogens is 244 g/mol. The van der Waals surface area contributed by atoms with Crippen molar-refractivity contribution in [2.45, 2.75) is 39.8 Å². The van der Waals surface area contributed by atoms with Crippen molar-refractivity contribution in [3.63, 3.8) is 0 Å². The largest absolute Gasteiger partial charge is 0.443 e. The number of carbonyl (C=O) groups excluding carboxylic acids is 2. The molecule has 1 N–H and O–H groups in total. The predicted octanol–water partition coefficient (Wildman–Crippen LogP) is 2.47. The van der Waals surface area contributed by atoms with Crippen molar-refractivity contribution in [3.05, 3.63) is 35.9 Å². The van der Waals surface area contributed by atoms with Gasteiger partial charge in [0.15, 0.2) is 0 Å². The van der Waals surface area contributed by atoms with E-state index in [2.05, 4.69) is 5.43 Å². The zero-order valence-corrected chi connectivity index (χ0v) is 11.8. The molecule has 0 aliphatic carbocycles. The molecule has 0 unspecified atom stereocenters. The van der Waals surface area contributed by atoms with Crippen LogP contribution < -0.4 is 5.43 Å². The standard InChI is InChI=1S/C14H20N2O3/c1-11(17)16(10-12-8-6-5-7-9-12)15-13(18)19-14(2,3)4/h5-9H,10H2,1-4H3,(H,15,18). The predicted molar refractivity (Wildman–Crippen MR) is 72.0 cm³/mol. The van der Waals surface area contributed by atoms with Crippen LogP contribution in [0.1, 0.15) is 33.3 Å². The molecule has 19 heavy (non-hydrogen) atoms. The molecule has 5 heteroatoms. The third-order valence-electron chi connectivity index (χ3n) is 2.19. The Morgan fingerprint density at radius 3 is 2.26 bits per heavy atom. The topological polar surface area (TPSA) is 58.6 Å². The number of nitrogens with one attached hydrogen (secondary N) is 1. The summed E-state index contributed by atoms with van der Waals surface area (Å²) >= 11 is 0. The molecule has 0 aromatic heterocycles. The van der Waals surface area contributed by atoms with Crippen LogP contribution in [-0.2, 0) is 16.1 Å². The Hall–Kier alpha value is -2.04. The maximum absolute atomic E-state index is 11.6. The van der Waals surface area contributed by atoms with Gasteiger partial charge in [0.1, 0.15) is 5.60 Å². The number of ether oxygens (including phenoxy) is 1. The normalized spacial score (nSPS) is 10.7. The zero-order chi connectivity index (χ0) is 14.5. The van der Waals surface area contributed by atoms with Crippen molar-refractivity contribution in [3.8, 4) is 0 Å². The second-order valence-corrected chi connectivity index (χ2v) is 5.20. The maximum atomic E-state index is 11.6. The van der Waals surface area contributed by atoms with E-state index in [1.807, 2.05) is 30.3 Å². The highest BCUT2D eigenvalue weighted by molar-refractivity contribution is 5.77. The maximum Gasteiger partial charge on any atom is 0.426 e. The first-order chi connectivity index (χ1) is 8.78. The van der Waals surface area contributed by atoms with Crippen LogP contribution in [0.25, 0.3) is 0 Å². The van der Waals surface area contributed by atoms with Crippen LogP contribution in [0.4, 0.5) is 4.79 Å². The minimum absolute atomic E-state index is 0.255. The lowest BCUT2D eigenvalue weighted by molar-refractivity contribution is -0.132. The molecule has 104 valence electrons. The third-order valence-corrected chi connectivity index (χ3v) is 2.19. The molecule has 0 saturated carbocycles. The summed E-state index contributed by atoms with van der Waals surface area (Å²) in [5, 5.41) is 1.23. The van der Waals surface area contributed by atoms with Crippen LogP contribution in [0.3, 0.4) is 0 Å². The van der Waals surface area contributed by atoms with Crippen molar-refractivity contribution >= 4 is 12.0 Å². The first kappa shape index (κ1) is 15.0. The zero-order valence-electron chi connectivity index (χ0n) is 11.8. The Morgan fingerprint density at radius 2 is 1.79 bits per heavy atom. The van der Waals surface area contributed by atoms with E-state index < -0.39 is 11.7 Å². The molecule has 2 amide bonds. The van der Waals surface area contributed by atoms with Crippen molar-refractivity contribution in [2.24, 2.45) is 0 Å². The van der Waals surface area contributed by atoms with Gasteiger partial charge in [-0.05, 0) is 26.3 Å². The summed E-state index contributed by atoms with van der Waals surface area (Å²) < 4.78 is 5.11. The highest BCUT2D eigenvalue weighted by Crippen LogP contribution is 2.08. The SMILES string of the molecule is CC(=O)N(Cc1ccccc1)NC(=O)OC(C)(C)C. The fraction of sp³-hybridized carbons (Fsp3) is 0.429. The number of carbonyl (C=O) groups is 2. The molecule has 0 aliphatic heterocycles. The fourth-order valence-electron chi connectivity index (χ4n) is 1.41. The van der Waals surface area contributed by atoms with Gasteiger partial charge in [-0.15, -0.1) is 0 Å². The lowest BCUT2D eigenvalue weighted by atomic mass is 10.2. The molecule has 0 saturated heterocycles. The van der Waals surface area contributed by atoms with Gasteiger partial charge < -0.3 is 4.74 Å². The Balaban J connectivity index is 2.64. The molecule has 1 rings (SSSR count). The fourth-order valence-corrected chi connectivity index (χ4v) is 1.41. The van der Waals surface area contributed by atoms with Crippen LogP contribution in [-0.4, -0.2) is 22.6 Å². The molecule has 0 fully saturated rings. The number of hydrogen-bond donors (Lipinski definition) is 1. The van der Waals surface area contributed by atoms with Gasteiger partial charge in [-0.3, -0.25) is 4.79 Å². The minimum atomic E-state index is -0.640. The summed E-state index contributed by atoms with van der Waals surface area (Å²) in [4.78, 5) is 23.1. The molecule has 0 heterocycles. The summed E-state index contributed by atoms with van der Waals surface area (Å²) in [6.07, 6.45) is -0.640. The summed E-state index contributed by atoms with van der Waals surface area (Å²) in [5.74, 6) is -0.255. The van der Waals surface area contributed by atoms with Crippen molar-refractivity contribution < 1.29 is 14.3 Å². The van der Waals surface area contributed by atoms with Crippen LogP contribution in [0, 0.1) is 0 Å². The van der Waals surface area contributed by atoms with Gasteiger partial charge in [-0.25, -0.2) is 15.2 Å². The van der Waals surface area contributed by atoms with Gasteiger partial charge in [-0.2, -0.15) is 0 Å². The molecule has 0 aliphatic rings. The van der Waals surface area contributed by atoms with E-state index in [1.54, 1.807) is 20.8 Å². The summed E-state index contributed by atoms with van der Waals surface area (Å²) in [6.45, 7) is 6.99. The Morgan fingerprint density at radius 1 is 1.21 bits per heavy atom. The van der Waals surface area contributed by atoms with Crippen molar-refractivity contribution in [2.75, 3.05) is 0 Å². The van der Waals surface area contributed by atoms with Gasteiger partial charge in [0.2, 0.25) is 5.91 Å². The van der Waals surface area contributed by atoms with Crippen LogP contribution in [0.5, 0.6) is 0 Å². The lowest BCUT2D eigenvalue weighted by Gasteiger charge is -2.25. The van der Waals surface area contributed by atoms with Crippen molar-refractivity contribution in [1.82, 2.24) is 10.4 Å². The van der Waals surface area contributed by atoms with Crippen LogP contribution >= 0.6 is 0 Å². The first-order valence-electron chi connectivity index (χ1n) is 6.09. The number of rotatable bonds is 2. The van der Waals surface area contributed by atoms with E-state index in [-0.39, 0.29) is 5.91 Å². The van der Waals surface area contributed by atoms with Crippen LogP contribution in [0.15, 0.2) is 30.3 Å². The monoisotopic (exact) mass is 264 g/mol. The number of benzene rings is 1.